The number of amides is 2. The number of aromatic nitrogens is 1. The molecule has 148 valence electrons. The molecule has 0 unspecified atom stereocenters. The standard InChI is InChI=1S/C23H19N5O2/c1-16-6-7-17-4-2-3-5-22(17)28(16)23(29)27-26-18-8-10-20(11-9-18)30-21-12-13-25-19(14-21)15-24/h2-6,8-14,26H,7H2,1H3,(H,27,29). The maximum atomic E-state index is 12.8. The molecule has 2 aromatic carbocycles. The topological polar surface area (TPSA) is 90.3 Å². The number of benzene rings is 2. The normalized spacial score (nSPS) is 12.3. The number of carbonyl (C=O) groups excluding carboxylic acids is 1. The Morgan fingerprint density at radius 3 is 2.73 bits per heavy atom. The smallest absolute Gasteiger partial charge is 0.344 e. The molecule has 0 fully saturated rings. The molecule has 4 rings (SSSR count). The van der Waals surface area contributed by atoms with Gasteiger partial charge in [-0.2, -0.15) is 5.26 Å². The van der Waals surface area contributed by atoms with Gasteiger partial charge in [0, 0.05) is 18.0 Å². The zero-order chi connectivity index (χ0) is 20.9. The van der Waals surface area contributed by atoms with E-state index in [1.54, 1.807) is 41.3 Å². The van der Waals surface area contributed by atoms with E-state index in [0.717, 1.165) is 23.4 Å². The van der Waals surface area contributed by atoms with Crippen LogP contribution in [0, 0.1) is 11.3 Å². The number of rotatable bonds is 4. The molecule has 0 spiro atoms. The van der Waals surface area contributed by atoms with Gasteiger partial charge in [0.2, 0.25) is 0 Å². The summed E-state index contributed by atoms with van der Waals surface area (Å²) in [6.45, 7) is 1.92. The van der Waals surface area contributed by atoms with Crippen LogP contribution in [0.5, 0.6) is 11.5 Å². The third kappa shape index (κ3) is 4.08. The van der Waals surface area contributed by atoms with Crippen molar-refractivity contribution in [3.63, 3.8) is 0 Å². The van der Waals surface area contributed by atoms with Crippen LogP contribution in [0.1, 0.15) is 18.2 Å². The van der Waals surface area contributed by atoms with Crippen molar-refractivity contribution >= 4 is 17.4 Å². The number of hydrogen-bond acceptors (Lipinski definition) is 5. The van der Waals surface area contributed by atoms with Crippen LogP contribution in [-0.2, 0) is 6.42 Å². The van der Waals surface area contributed by atoms with Crippen molar-refractivity contribution < 1.29 is 9.53 Å². The molecule has 7 nitrogen and oxygen atoms in total. The van der Waals surface area contributed by atoms with Gasteiger partial charge < -0.3 is 4.74 Å². The molecule has 0 saturated carbocycles. The Balaban J connectivity index is 1.39. The summed E-state index contributed by atoms with van der Waals surface area (Å²) < 4.78 is 5.73. The Labute approximate surface area is 174 Å². The van der Waals surface area contributed by atoms with Crippen LogP contribution in [-0.4, -0.2) is 11.0 Å². The van der Waals surface area contributed by atoms with Crippen molar-refractivity contribution in [2.24, 2.45) is 0 Å². The number of nitrogens with zero attached hydrogens (tertiary/aromatic N) is 3. The predicted octanol–water partition coefficient (Wildman–Crippen LogP) is 4.75. The molecule has 0 atom stereocenters. The molecule has 0 radical (unpaired) electrons. The monoisotopic (exact) mass is 397 g/mol. The van der Waals surface area contributed by atoms with E-state index in [2.05, 4.69) is 15.8 Å². The second-order valence-electron chi connectivity index (χ2n) is 6.68. The third-order valence-electron chi connectivity index (χ3n) is 4.66. The highest BCUT2D eigenvalue weighted by atomic mass is 16.5. The van der Waals surface area contributed by atoms with E-state index < -0.39 is 0 Å². The predicted molar refractivity (Wildman–Crippen MR) is 114 cm³/mol. The minimum atomic E-state index is -0.267. The number of fused-ring (bicyclic) bond motifs is 1. The third-order valence-corrected chi connectivity index (χ3v) is 4.66. The molecule has 1 aliphatic rings. The van der Waals surface area contributed by atoms with E-state index in [4.69, 9.17) is 10.00 Å². The van der Waals surface area contributed by atoms with Gasteiger partial charge in [-0.3, -0.25) is 15.8 Å². The van der Waals surface area contributed by atoms with Crippen molar-refractivity contribution in [3.8, 4) is 17.6 Å². The number of hydrogen-bond donors (Lipinski definition) is 2. The molecule has 0 bridgehead atoms. The summed E-state index contributed by atoms with van der Waals surface area (Å²) in [5.41, 5.74) is 9.52. The number of urea groups is 1. The fraction of sp³-hybridized carbons (Fsp3) is 0.0870. The average molecular weight is 397 g/mol. The SMILES string of the molecule is CC1=CCc2ccccc2N1C(=O)NNc1ccc(Oc2ccnc(C#N)c2)cc1. The molecule has 2 N–H and O–H groups in total. The molecule has 2 amide bonds. The number of anilines is 2. The Bertz CT molecular complexity index is 1150. The number of para-hydroxylation sites is 1. The summed E-state index contributed by atoms with van der Waals surface area (Å²) in [4.78, 5) is 18.3. The minimum Gasteiger partial charge on any atom is -0.457 e. The summed E-state index contributed by atoms with van der Waals surface area (Å²) >= 11 is 0. The summed E-state index contributed by atoms with van der Waals surface area (Å²) in [5, 5.41) is 8.92. The maximum absolute atomic E-state index is 12.8. The first-order valence-corrected chi connectivity index (χ1v) is 9.39. The summed E-state index contributed by atoms with van der Waals surface area (Å²) in [7, 11) is 0. The molecule has 1 aromatic heterocycles. The van der Waals surface area contributed by atoms with Gasteiger partial charge in [-0.25, -0.2) is 9.78 Å². The Morgan fingerprint density at radius 2 is 1.93 bits per heavy atom. The zero-order valence-corrected chi connectivity index (χ0v) is 16.3. The lowest BCUT2D eigenvalue weighted by Gasteiger charge is -2.29. The zero-order valence-electron chi connectivity index (χ0n) is 16.3. The second-order valence-corrected chi connectivity index (χ2v) is 6.68. The lowest BCUT2D eigenvalue weighted by Crippen LogP contribution is -2.43. The highest BCUT2D eigenvalue weighted by Gasteiger charge is 2.22. The minimum absolute atomic E-state index is 0.267. The lowest BCUT2D eigenvalue weighted by atomic mass is 10.0. The Morgan fingerprint density at radius 1 is 1.13 bits per heavy atom. The summed E-state index contributed by atoms with van der Waals surface area (Å²) in [6, 6.07) is 19.9. The van der Waals surface area contributed by atoms with E-state index in [0.29, 0.717) is 17.2 Å². The van der Waals surface area contributed by atoms with Crippen molar-refractivity contribution in [1.29, 1.82) is 5.26 Å². The molecular formula is C23H19N5O2. The second kappa shape index (κ2) is 8.37. The highest BCUT2D eigenvalue weighted by molar-refractivity contribution is 5.97. The van der Waals surface area contributed by atoms with Crippen LogP contribution >= 0.6 is 0 Å². The van der Waals surface area contributed by atoms with Crippen LogP contribution in [0.2, 0.25) is 0 Å². The van der Waals surface area contributed by atoms with Crippen LogP contribution in [0.3, 0.4) is 0 Å². The quantitative estimate of drug-likeness (QED) is 0.620. The van der Waals surface area contributed by atoms with Gasteiger partial charge in [0.15, 0.2) is 0 Å². The molecular weight excluding hydrogens is 378 g/mol. The van der Waals surface area contributed by atoms with Gasteiger partial charge >= 0.3 is 6.03 Å². The summed E-state index contributed by atoms with van der Waals surface area (Å²) in [5.74, 6) is 1.13. The first kappa shape index (κ1) is 19.0. The van der Waals surface area contributed by atoms with Gasteiger partial charge in [0.25, 0.3) is 0 Å². The number of nitrogens with one attached hydrogen (secondary N) is 2. The number of ether oxygens (including phenoxy) is 1. The molecule has 1 aliphatic heterocycles. The summed E-state index contributed by atoms with van der Waals surface area (Å²) in [6.07, 6.45) is 4.37. The lowest BCUT2D eigenvalue weighted by molar-refractivity contribution is 0.249. The number of nitriles is 1. The van der Waals surface area contributed by atoms with E-state index in [1.165, 1.54) is 6.20 Å². The molecule has 7 heteroatoms. The largest absolute Gasteiger partial charge is 0.457 e. The molecule has 0 saturated heterocycles. The van der Waals surface area contributed by atoms with Gasteiger partial charge in [-0.05, 0) is 55.3 Å². The van der Waals surface area contributed by atoms with E-state index in [9.17, 15) is 4.79 Å². The fourth-order valence-electron chi connectivity index (χ4n) is 3.17. The molecule has 0 aliphatic carbocycles. The highest BCUT2D eigenvalue weighted by Crippen LogP contribution is 2.29. The fourth-order valence-corrected chi connectivity index (χ4v) is 3.17. The first-order chi connectivity index (χ1) is 14.6. The first-order valence-electron chi connectivity index (χ1n) is 9.39. The van der Waals surface area contributed by atoms with E-state index in [1.807, 2.05) is 43.3 Å². The van der Waals surface area contributed by atoms with Gasteiger partial charge in [-0.15, -0.1) is 0 Å². The molecule has 30 heavy (non-hydrogen) atoms. The van der Waals surface area contributed by atoms with Crippen LogP contribution in [0.15, 0.2) is 78.6 Å². The van der Waals surface area contributed by atoms with E-state index in [-0.39, 0.29) is 11.7 Å². The molecule has 3 aromatic rings. The Hall–Kier alpha value is -4.31. The van der Waals surface area contributed by atoms with Crippen molar-refractivity contribution in [2.45, 2.75) is 13.3 Å². The number of allylic oxidation sites excluding steroid dienone is 2. The van der Waals surface area contributed by atoms with Crippen molar-refractivity contribution in [1.82, 2.24) is 10.4 Å². The number of pyridine rings is 1. The Kier molecular flexibility index (Phi) is 5.31. The van der Waals surface area contributed by atoms with Crippen LogP contribution < -0.4 is 20.5 Å². The number of carbonyl (C=O) groups is 1. The van der Waals surface area contributed by atoms with Crippen molar-refractivity contribution in [2.75, 3.05) is 10.3 Å². The average Bonchev–Trinajstić information content (AvgIpc) is 2.78. The van der Waals surface area contributed by atoms with Gasteiger partial charge in [0.05, 0.1) is 11.4 Å². The van der Waals surface area contributed by atoms with E-state index >= 15 is 0 Å². The number of hydrazine groups is 1. The van der Waals surface area contributed by atoms with Crippen LogP contribution in [0.25, 0.3) is 0 Å². The van der Waals surface area contributed by atoms with Crippen molar-refractivity contribution in [3.05, 3.63) is 89.9 Å². The van der Waals surface area contributed by atoms with Crippen LogP contribution in [0.4, 0.5) is 16.2 Å². The maximum Gasteiger partial charge on any atom is 0.344 e. The molecule has 2 heterocycles. The van der Waals surface area contributed by atoms with Gasteiger partial charge in [-0.1, -0.05) is 24.3 Å². The van der Waals surface area contributed by atoms with Gasteiger partial charge in [0.1, 0.15) is 23.3 Å².